The van der Waals surface area contributed by atoms with Gasteiger partial charge in [-0.3, -0.25) is 0 Å². The second-order valence-corrected chi connectivity index (χ2v) is 4.51. The van der Waals surface area contributed by atoms with Gasteiger partial charge in [-0.05, 0) is 38.3 Å². The van der Waals surface area contributed by atoms with Crippen molar-refractivity contribution < 1.29 is 4.74 Å². The Labute approximate surface area is 94.0 Å². The van der Waals surface area contributed by atoms with Gasteiger partial charge in [0.2, 0.25) is 0 Å². The highest BCUT2D eigenvalue weighted by molar-refractivity contribution is 4.75. The van der Waals surface area contributed by atoms with E-state index in [1.807, 2.05) is 0 Å². The van der Waals surface area contributed by atoms with Crippen LogP contribution in [0, 0.1) is 5.92 Å². The molecule has 0 aromatic carbocycles. The minimum absolute atomic E-state index is 0.742. The summed E-state index contributed by atoms with van der Waals surface area (Å²) in [5.41, 5.74) is 5.65. The van der Waals surface area contributed by atoms with Crippen molar-refractivity contribution in [3.05, 3.63) is 0 Å². The lowest BCUT2D eigenvalue weighted by Gasteiger charge is -2.15. The summed E-state index contributed by atoms with van der Waals surface area (Å²) in [4.78, 5) is 2.51. The van der Waals surface area contributed by atoms with E-state index in [1.54, 1.807) is 0 Å². The van der Waals surface area contributed by atoms with Gasteiger partial charge in [0.1, 0.15) is 0 Å². The van der Waals surface area contributed by atoms with E-state index in [4.69, 9.17) is 10.5 Å². The first-order valence-corrected chi connectivity index (χ1v) is 6.37. The van der Waals surface area contributed by atoms with Crippen LogP contribution in [0.5, 0.6) is 0 Å². The summed E-state index contributed by atoms with van der Waals surface area (Å²) >= 11 is 0. The zero-order valence-corrected chi connectivity index (χ0v) is 10.1. The zero-order chi connectivity index (χ0) is 10.9. The number of unbranched alkanes of at least 4 members (excludes halogenated alkanes) is 1. The fraction of sp³-hybridized carbons (Fsp3) is 1.00. The Kier molecular flexibility index (Phi) is 6.98. The molecule has 0 amide bonds. The molecule has 1 aliphatic rings. The molecule has 0 spiro atoms. The molecule has 1 rings (SSSR count). The average molecular weight is 214 g/mol. The van der Waals surface area contributed by atoms with Crippen molar-refractivity contribution in [2.45, 2.75) is 32.6 Å². The molecule has 1 aliphatic heterocycles. The topological polar surface area (TPSA) is 38.5 Å². The predicted molar refractivity (Wildman–Crippen MR) is 63.9 cm³/mol. The molecular formula is C12H26N2O. The minimum Gasteiger partial charge on any atom is -0.381 e. The van der Waals surface area contributed by atoms with Gasteiger partial charge in [0.05, 0.1) is 0 Å². The molecule has 0 aromatic heterocycles. The van der Waals surface area contributed by atoms with Crippen molar-refractivity contribution in [1.82, 2.24) is 4.90 Å². The van der Waals surface area contributed by atoms with Crippen LogP contribution in [-0.2, 0) is 4.74 Å². The van der Waals surface area contributed by atoms with Crippen molar-refractivity contribution in [1.29, 1.82) is 0 Å². The van der Waals surface area contributed by atoms with Crippen molar-refractivity contribution in [3.63, 3.8) is 0 Å². The predicted octanol–water partition coefficient (Wildman–Crippen LogP) is 1.47. The van der Waals surface area contributed by atoms with Crippen molar-refractivity contribution in [3.8, 4) is 0 Å². The van der Waals surface area contributed by atoms with E-state index in [1.165, 1.54) is 45.3 Å². The first-order chi connectivity index (χ1) is 7.36. The second kappa shape index (κ2) is 8.08. The number of likely N-dealkylation sites (tertiary alicyclic amines) is 1. The van der Waals surface area contributed by atoms with Gasteiger partial charge in [0.25, 0.3) is 0 Å². The maximum absolute atomic E-state index is 5.65. The van der Waals surface area contributed by atoms with Gasteiger partial charge in [-0.15, -0.1) is 0 Å². The van der Waals surface area contributed by atoms with E-state index in [2.05, 4.69) is 11.8 Å². The molecular weight excluding hydrogens is 188 g/mol. The Morgan fingerprint density at radius 3 is 2.80 bits per heavy atom. The van der Waals surface area contributed by atoms with Gasteiger partial charge < -0.3 is 15.4 Å². The summed E-state index contributed by atoms with van der Waals surface area (Å²) in [6.07, 6.45) is 4.87. The Bertz CT molecular complexity index is 153. The van der Waals surface area contributed by atoms with Crippen LogP contribution in [0.1, 0.15) is 32.6 Å². The molecule has 1 unspecified atom stereocenters. The third-order valence-corrected chi connectivity index (χ3v) is 3.11. The van der Waals surface area contributed by atoms with Crippen LogP contribution in [0.3, 0.4) is 0 Å². The molecule has 1 atom stereocenters. The van der Waals surface area contributed by atoms with Crippen molar-refractivity contribution in [2.75, 3.05) is 39.4 Å². The van der Waals surface area contributed by atoms with Gasteiger partial charge in [0, 0.05) is 26.3 Å². The molecule has 3 nitrogen and oxygen atoms in total. The molecule has 1 heterocycles. The zero-order valence-electron chi connectivity index (χ0n) is 10.1. The second-order valence-electron chi connectivity index (χ2n) is 4.51. The third kappa shape index (κ3) is 5.50. The molecule has 0 saturated carbocycles. The molecule has 1 fully saturated rings. The summed E-state index contributed by atoms with van der Waals surface area (Å²) in [7, 11) is 0. The number of nitrogens with two attached hydrogens (primary N) is 1. The molecule has 3 heteroatoms. The summed E-state index contributed by atoms with van der Waals surface area (Å²) in [6, 6.07) is 0. The lowest BCUT2D eigenvalue weighted by molar-refractivity contribution is 0.120. The summed E-state index contributed by atoms with van der Waals surface area (Å²) in [5, 5.41) is 0. The van der Waals surface area contributed by atoms with Crippen LogP contribution in [0.25, 0.3) is 0 Å². The molecule has 0 bridgehead atoms. The molecule has 0 aliphatic carbocycles. The Balaban J connectivity index is 1.88. The molecule has 0 radical (unpaired) electrons. The fourth-order valence-electron chi connectivity index (χ4n) is 2.05. The summed E-state index contributed by atoms with van der Waals surface area (Å²) in [6.45, 7) is 8.51. The number of nitrogens with zero attached hydrogens (tertiary/aromatic N) is 1. The van der Waals surface area contributed by atoms with E-state index >= 15 is 0 Å². The van der Waals surface area contributed by atoms with Gasteiger partial charge in [0.15, 0.2) is 0 Å². The van der Waals surface area contributed by atoms with E-state index < -0.39 is 0 Å². The van der Waals surface area contributed by atoms with Gasteiger partial charge in [-0.1, -0.05) is 13.3 Å². The van der Waals surface area contributed by atoms with Crippen LogP contribution < -0.4 is 5.73 Å². The molecule has 0 aromatic rings. The van der Waals surface area contributed by atoms with Crippen molar-refractivity contribution in [2.24, 2.45) is 11.7 Å². The van der Waals surface area contributed by atoms with Crippen LogP contribution in [0.2, 0.25) is 0 Å². The van der Waals surface area contributed by atoms with Crippen LogP contribution in [0.15, 0.2) is 0 Å². The van der Waals surface area contributed by atoms with Gasteiger partial charge in [-0.25, -0.2) is 0 Å². The molecule has 90 valence electrons. The van der Waals surface area contributed by atoms with Gasteiger partial charge in [-0.2, -0.15) is 0 Å². The van der Waals surface area contributed by atoms with Crippen molar-refractivity contribution >= 4 is 0 Å². The number of ether oxygens (including phenoxy) is 1. The van der Waals surface area contributed by atoms with Gasteiger partial charge >= 0.3 is 0 Å². The first-order valence-electron chi connectivity index (χ1n) is 6.37. The Hall–Kier alpha value is -0.120. The normalized spacial score (nSPS) is 22.4. The third-order valence-electron chi connectivity index (χ3n) is 3.11. The summed E-state index contributed by atoms with van der Waals surface area (Å²) < 4.78 is 5.54. The van der Waals surface area contributed by atoms with Crippen LogP contribution >= 0.6 is 0 Å². The maximum atomic E-state index is 5.65. The SMILES string of the molecule is CCCCOCCCN1CCC(CN)C1. The minimum atomic E-state index is 0.742. The van der Waals surface area contributed by atoms with Crippen LogP contribution in [-0.4, -0.2) is 44.3 Å². The monoisotopic (exact) mass is 214 g/mol. The highest BCUT2D eigenvalue weighted by atomic mass is 16.5. The Morgan fingerprint density at radius 2 is 2.13 bits per heavy atom. The lowest BCUT2D eigenvalue weighted by atomic mass is 10.1. The number of hydrogen-bond donors (Lipinski definition) is 1. The Morgan fingerprint density at radius 1 is 1.33 bits per heavy atom. The van der Waals surface area contributed by atoms with E-state index in [-0.39, 0.29) is 0 Å². The molecule has 1 saturated heterocycles. The highest BCUT2D eigenvalue weighted by Gasteiger charge is 2.20. The lowest BCUT2D eigenvalue weighted by Crippen LogP contribution is -2.25. The van der Waals surface area contributed by atoms with E-state index in [0.717, 1.165) is 25.7 Å². The molecule has 15 heavy (non-hydrogen) atoms. The summed E-state index contributed by atoms with van der Waals surface area (Å²) in [5.74, 6) is 0.742. The number of hydrogen-bond acceptors (Lipinski definition) is 3. The van der Waals surface area contributed by atoms with Crippen LogP contribution in [0.4, 0.5) is 0 Å². The number of rotatable bonds is 8. The van der Waals surface area contributed by atoms with E-state index in [0.29, 0.717) is 0 Å². The maximum Gasteiger partial charge on any atom is 0.0478 e. The highest BCUT2D eigenvalue weighted by Crippen LogP contribution is 2.14. The quantitative estimate of drug-likeness (QED) is 0.622. The molecule has 2 N–H and O–H groups in total. The average Bonchev–Trinajstić information content (AvgIpc) is 2.71. The standard InChI is InChI=1S/C12H26N2O/c1-2-3-8-15-9-4-6-14-7-5-12(10-13)11-14/h12H,2-11,13H2,1H3. The largest absolute Gasteiger partial charge is 0.381 e. The fourth-order valence-corrected chi connectivity index (χ4v) is 2.05. The smallest absolute Gasteiger partial charge is 0.0478 e. The first kappa shape index (κ1) is 12.9. The van der Waals surface area contributed by atoms with E-state index in [9.17, 15) is 0 Å².